The van der Waals surface area contributed by atoms with Crippen molar-refractivity contribution >= 4 is 56.0 Å². The molecule has 0 radical (unpaired) electrons. The molecular weight excluding hydrogens is 372 g/mol. The van der Waals surface area contributed by atoms with Crippen LogP contribution in [0.2, 0.25) is 5.02 Å². The number of aryl methyl sites for hydroxylation is 1. The van der Waals surface area contributed by atoms with Gasteiger partial charge < -0.3 is 5.32 Å². The number of nitrogens with zero attached hydrogens (tertiary/aromatic N) is 1. The van der Waals surface area contributed by atoms with Crippen LogP contribution in [0.5, 0.6) is 0 Å². The monoisotopic (exact) mass is 390 g/mol. The normalized spacial score (nSPS) is 11.2. The lowest BCUT2D eigenvalue weighted by molar-refractivity contribution is -0.115. The molecule has 1 aromatic heterocycles. The third-order valence-corrected chi connectivity index (χ3v) is 6.02. The highest BCUT2D eigenvalue weighted by Crippen LogP contribution is 2.31. The van der Waals surface area contributed by atoms with Crippen LogP contribution in [-0.2, 0) is 11.2 Å². The molecule has 2 aromatic carbocycles. The van der Waals surface area contributed by atoms with Crippen LogP contribution in [0, 0.1) is 6.92 Å². The van der Waals surface area contributed by atoms with Crippen LogP contribution in [0.25, 0.3) is 10.2 Å². The molecule has 3 nitrogen and oxygen atoms in total. The second kappa shape index (κ2) is 7.77. The minimum absolute atomic E-state index is 0.0629. The van der Waals surface area contributed by atoms with Crippen LogP contribution in [-0.4, -0.2) is 16.1 Å². The van der Waals surface area contributed by atoms with E-state index in [1.165, 1.54) is 16.2 Å². The zero-order valence-corrected chi connectivity index (χ0v) is 16.7. The maximum Gasteiger partial charge on any atom is 0.230 e. The van der Waals surface area contributed by atoms with Gasteiger partial charge in [-0.2, -0.15) is 0 Å². The van der Waals surface area contributed by atoms with Gasteiger partial charge in [-0.25, -0.2) is 4.98 Å². The summed E-state index contributed by atoms with van der Waals surface area (Å²) in [6, 6.07) is 11.9. The van der Waals surface area contributed by atoms with Gasteiger partial charge in [0.15, 0.2) is 5.13 Å². The van der Waals surface area contributed by atoms with Crippen molar-refractivity contribution in [3.05, 3.63) is 52.5 Å². The van der Waals surface area contributed by atoms with Crippen molar-refractivity contribution in [1.29, 1.82) is 0 Å². The molecule has 0 saturated heterocycles. The van der Waals surface area contributed by atoms with Gasteiger partial charge in [0.25, 0.3) is 0 Å². The molecule has 6 heteroatoms. The van der Waals surface area contributed by atoms with E-state index < -0.39 is 0 Å². The average Bonchev–Trinajstić information content (AvgIpc) is 2.95. The summed E-state index contributed by atoms with van der Waals surface area (Å²) >= 11 is 9.41. The van der Waals surface area contributed by atoms with E-state index in [9.17, 15) is 4.79 Å². The number of carbonyl (C=O) groups excluding carboxylic acids is 1. The van der Waals surface area contributed by atoms with Crippen molar-refractivity contribution in [2.24, 2.45) is 0 Å². The number of fused-ring (bicyclic) bond motifs is 1. The van der Waals surface area contributed by atoms with Crippen molar-refractivity contribution in [2.75, 3.05) is 5.32 Å². The predicted octanol–water partition coefficient (Wildman–Crippen LogP) is 5.94. The van der Waals surface area contributed by atoms with Crippen molar-refractivity contribution in [3.63, 3.8) is 0 Å². The molecule has 0 unspecified atom stereocenters. The number of halogens is 1. The Morgan fingerprint density at radius 1 is 1.24 bits per heavy atom. The second-order valence-electron chi connectivity index (χ2n) is 6.07. The van der Waals surface area contributed by atoms with E-state index in [4.69, 9.17) is 11.6 Å². The number of hydrogen-bond donors (Lipinski definition) is 1. The quantitative estimate of drug-likeness (QED) is 0.548. The van der Waals surface area contributed by atoms with E-state index in [0.717, 1.165) is 21.3 Å². The molecule has 1 N–H and O–H groups in total. The third kappa shape index (κ3) is 4.54. The first-order chi connectivity index (χ1) is 11.9. The zero-order valence-electron chi connectivity index (χ0n) is 14.3. The number of nitrogens with one attached hydrogen (secondary N) is 1. The van der Waals surface area contributed by atoms with Crippen molar-refractivity contribution in [1.82, 2.24) is 4.98 Å². The highest BCUT2D eigenvalue weighted by Gasteiger charge is 2.11. The minimum atomic E-state index is -0.0629. The molecule has 3 rings (SSSR count). The van der Waals surface area contributed by atoms with Crippen molar-refractivity contribution < 1.29 is 4.79 Å². The molecule has 25 heavy (non-hydrogen) atoms. The molecule has 0 fully saturated rings. The van der Waals surface area contributed by atoms with Gasteiger partial charge >= 0.3 is 0 Å². The van der Waals surface area contributed by atoms with Crippen LogP contribution < -0.4 is 5.32 Å². The van der Waals surface area contributed by atoms with Gasteiger partial charge in [0.2, 0.25) is 5.91 Å². The first kappa shape index (κ1) is 18.2. The maximum atomic E-state index is 12.3. The van der Waals surface area contributed by atoms with Crippen LogP contribution in [0.4, 0.5) is 5.13 Å². The highest BCUT2D eigenvalue weighted by atomic mass is 35.5. The van der Waals surface area contributed by atoms with Crippen molar-refractivity contribution in [3.8, 4) is 0 Å². The lowest BCUT2D eigenvalue weighted by Gasteiger charge is -2.06. The lowest BCUT2D eigenvalue weighted by atomic mass is 10.1. The summed E-state index contributed by atoms with van der Waals surface area (Å²) in [6.07, 6.45) is 0.336. The molecule has 0 saturated carbocycles. The number of aromatic nitrogens is 1. The maximum absolute atomic E-state index is 12.3. The van der Waals surface area contributed by atoms with Crippen LogP contribution in [0.1, 0.15) is 25.0 Å². The van der Waals surface area contributed by atoms with E-state index in [0.29, 0.717) is 21.8 Å². The van der Waals surface area contributed by atoms with Crippen molar-refractivity contribution in [2.45, 2.75) is 37.3 Å². The smallest absolute Gasteiger partial charge is 0.230 e. The van der Waals surface area contributed by atoms with E-state index in [-0.39, 0.29) is 5.91 Å². The van der Waals surface area contributed by atoms with Gasteiger partial charge in [0.05, 0.1) is 16.6 Å². The Labute approximate surface area is 160 Å². The van der Waals surface area contributed by atoms with E-state index in [1.54, 1.807) is 0 Å². The number of amides is 1. The SMILES string of the molecule is Cc1c(Cl)ccc2sc(NC(=O)Cc3ccc(SC(C)C)cc3)nc12. The summed E-state index contributed by atoms with van der Waals surface area (Å²) in [6.45, 7) is 6.27. The Morgan fingerprint density at radius 3 is 2.64 bits per heavy atom. The number of anilines is 1. The Kier molecular flexibility index (Phi) is 5.67. The van der Waals surface area contributed by atoms with Crippen LogP contribution in [0.3, 0.4) is 0 Å². The van der Waals surface area contributed by atoms with Crippen LogP contribution in [0.15, 0.2) is 41.3 Å². The molecule has 130 valence electrons. The second-order valence-corrected chi connectivity index (χ2v) is 9.16. The molecule has 0 bridgehead atoms. The molecule has 0 aliphatic heterocycles. The average molecular weight is 391 g/mol. The van der Waals surface area contributed by atoms with Gasteiger partial charge in [0, 0.05) is 15.2 Å². The van der Waals surface area contributed by atoms with Gasteiger partial charge in [-0.05, 0) is 42.3 Å². The lowest BCUT2D eigenvalue weighted by Crippen LogP contribution is -2.14. The molecule has 1 amide bonds. The Bertz CT molecular complexity index is 904. The zero-order chi connectivity index (χ0) is 18.0. The standard InChI is InChI=1S/C19H19ClN2OS2/c1-11(2)24-14-6-4-13(5-7-14)10-17(23)21-19-22-18-12(3)15(20)8-9-16(18)25-19/h4-9,11H,10H2,1-3H3,(H,21,22,23). The minimum Gasteiger partial charge on any atom is -0.302 e. The number of hydrogen-bond acceptors (Lipinski definition) is 4. The number of benzene rings is 2. The van der Waals surface area contributed by atoms with E-state index >= 15 is 0 Å². The summed E-state index contributed by atoms with van der Waals surface area (Å²) in [5.41, 5.74) is 2.78. The highest BCUT2D eigenvalue weighted by molar-refractivity contribution is 7.99. The number of thioether (sulfide) groups is 1. The topological polar surface area (TPSA) is 42.0 Å². The first-order valence-electron chi connectivity index (χ1n) is 8.03. The fraction of sp³-hybridized carbons (Fsp3) is 0.263. The summed E-state index contributed by atoms with van der Waals surface area (Å²) in [5.74, 6) is -0.0629. The number of thiazole rings is 1. The van der Waals surface area contributed by atoms with E-state index in [1.807, 2.05) is 43.0 Å². The molecular formula is C19H19ClN2OS2. The first-order valence-corrected chi connectivity index (χ1v) is 10.1. The molecule has 0 aliphatic carbocycles. The Balaban J connectivity index is 1.67. The Morgan fingerprint density at radius 2 is 1.96 bits per heavy atom. The van der Waals surface area contributed by atoms with Gasteiger partial charge in [-0.15, -0.1) is 11.8 Å². The van der Waals surface area contributed by atoms with Gasteiger partial charge in [0.1, 0.15) is 0 Å². The number of rotatable bonds is 5. The van der Waals surface area contributed by atoms with Gasteiger partial charge in [-0.1, -0.05) is 48.9 Å². The fourth-order valence-electron chi connectivity index (χ4n) is 2.46. The Hall–Kier alpha value is -1.56. The van der Waals surface area contributed by atoms with E-state index in [2.05, 4.69) is 36.3 Å². The summed E-state index contributed by atoms with van der Waals surface area (Å²) in [7, 11) is 0. The molecule has 0 atom stereocenters. The molecule has 0 spiro atoms. The summed E-state index contributed by atoms with van der Waals surface area (Å²) < 4.78 is 1.02. The summed E-state index contributed by atoms with van der Waals surface area (Å²) in [4.78, 5) is 18.0. The van der Waals surface area contributed by atoms with Crippen LogP contribution >= 0.6 is 34.7 Å². The summed E-state index contributed by atoms with van der Waals surface area (Å²) in [5, 5.41) is 4.74. The molecule has 1 heterocycles. The number of carbonyl (C=O) groups is 1. The van der Waals surface area contributed by atoms with Gasteiger partial charge in [-0.3, -0.25) is 4.79 Å². The fourth-order valence-corrected chi connectivity index (χ4v) is 4.39. The predicted molar refractivity (Wildman–Crippen MR) is 109 cm³/mol. The molecule has 0 aliphatic rings. The largest absolute Gasteiger partial charge is 0.302 e. The molecule has 3 aromatic rings. The third-order valence-electron chi connectivity index (χ3n) is 3.65.